The fourth-order valence-electron chi connectivity index (χ4n) is 1.25. The van der Waals surface area contributed by atoms with Gasteiger partial charge in [-0.1, -0.05) is 12.2 Å². The van der Waals surface area contributed by atoms with Crippen LogP contribution in [0.5, 0.6) is 0 Å². The van der Waals surface area contributed by atoms with Gasteiger partial charge in [-0.3, -0.25) is 0 Å². The highest BCUT2D eigenvalue weighted by atomic mass is 32.1. The van der Waals surface area contributed by atoms with Crippen molar-refractivity contribution >= 4 is 23.0 Å². The molecule has 0 saturated carbocycles. The van der Waals surface area contributed by atoms with Crippen molar-refractivity contribution < 1.29 is 4.74 Å². The van der Waals surface area contributed by atoms with E-state index < -0.39 is 0 Å². The van der Waals surface area contributed by atoms with Gasteiger partial charge in [0.1, 0.15) is 0 Å². The summed E-state index contributed by atoms with van der Waals surface area (Å²) in [6, 6.07) is 3.76. The van der Waals surface area contributed by atoms with E-state index in [1.807, 2.05) is 12.1 Å². The van der Waals surface area contributed by atoms with Crippen molar-refractivity contribution in [2.75, 3.05) is 31.7 Å². The number of anilines is 1. The molecule has 0 bridgehead atoms. The molecule has 0 saturated heterocycles. The summed E-state index contributed by atoms with van der Waals surface area (Å²) >= 11 is 4.86. The summed E-state index contributed by atoms with van der Waals surface area (Å²) in [5.41, 5.74) is 5.48. The van der Waals surface area contributed by atoms with Gasteiger partial charge in [0.05, 0.1) is 11.6 Å². The zero-order valence-corrected chi connectivity index (χ0v) is 10.1. The molecule has 0 spiro atoms. The topological polar surface area (TPSA) is 64.3 Å². The van der Waals surface area contributed by atoms with Crippen LogP contribution in [0.25, 0.3) is 0 Å². The molecule has 5 nitrogen and oxygen atoms in total. The van der Waals surface area contributed by atoms with Gasteiger partial charge >= 0.3 is 0 Å². The SMILES string of the molecule is COCCN(CCC(N)=S)c1cccnn1. The van der Waals surface area contributed by atoms with E-state index in [1.54, 1.807) is 13.3 Å². The van der Waals surface area contributed by atoms with Crippen LogP contribution in [0.2, 0.25) is 0 Å². The molecule has 1 heterocycles. The van der Waals surface area contributed by atoms with E-state index in [1.165, 1.54) is 0 Å². The molecule has 16 heavy (non-hydrogen) atoms. The summed E-state index contributed by atoms with van der Waals surface area (Å²) in [6.45, 7) is 2.11. The van der Waals surface area contributed by atoms with Crippen molar-refractivity contribution in [3.05, 3.63) is 18.3 Å². The summed E-state index contributed by atoms with van der Waals surface area (Å²) in [5, 5.41) is 7.89. The number of nitrogens with two attached hydrogens (primary N) is 1. The lowest BCUT2D eigenvalue weighted by Gasteiger charge is -2.22. The first-order chi connectivity index (χ1) is 7.74. The van der Waals surface area contributed by atoms with E-state index in [4.69, 9.17) is 22.7 Å². The molecule has 0 aliphatic rings. The van der Waals surface area contributed by atoms with Crippen LogP contribution in [0.1, 0.15) is 6.42 Å². The van der Waals surface area contributed by atoms with E-state index in [0.717, 1.165) is 18.9 Å². The molecule has 1 aromatic rings. The Kier molecular flexibility index (Phi) is 5.66. The number of rotatable bonds is 7. The Balaban J connectivity index is 2.59. The Morgan fingerprint density at radius 2 is 2.38 bits per heavy atom. The van der Waals surface area contributed by atoms with Crippen molar-refractivity contribution in [3.63, 3.8) is 0 Å². The van der Waals surface area contributed by atoms with E-state index in [-0.39, 0.29) is 0 Å². The van der Waals surface area contributed by atoms with Crippen LogP contribution in [0, 0.1) is 0 Å². The highest BCUT2D eigenvalue weighted by molar-refractivity contribution is 7.80. The summed E-state index contributed by atoms with van der Waals surface area (Å²) in [7, 11) is 1.67. The average molecular weight is 240 g/mol. The number of hydrogen-bond acceptors (Lipinski definition) is 5. The van der Waals surface area contributed by atoms with Gasteiger partial charge in [-0.25, -0.2) is 0 Å². The van der Waals surface area contributed by atoms with Crippen LogP contribution in [0.4, 0.5) is 5.82 Å². The molecule has 1 aromatic heterocycles. The summed E-state index contributed by atoms with van der Waals surface area (Å²) in [6.07, 6.45) is 2.31. The number of aromatic nitrogens is 2. The first-order valence-corrected chi connectivity index (χ1v) is 5.44. The van der Waals surface area contributed by atoms with Crippen LogP contribution in [0.3, 0.4) is 0 Å². The lowest BCUT2D eigenvalue weighted by atomic mass is 10.3. The maximum absolute atomic E-state index is 5.48. The van der Waals surface area contributed by atoms with Crippen molar-refractivity contribution in [1.82, 2.24) is 10.2 Å². The minimum absolute atomic E-state index is 0.506. The monoisotopic (exact) mass is 240 g/mol. The fourth-order valence-corrected chi connectivity index (χ4v) is 1.34. The molecule has 0 aliphatic carbocycles. The van der Waals surface area contributed by atoms with Gasteiger partial charge in [-0.15, -0.1) is 5.10 Å². The predicted octanol–water partition coefficient (Wildman–Crippen LogP) is 0.606. The molecular weight excluding hydrogens is 224 g/mol. The van der Waals surface area contributed by atoms with E-state index in [0.29, 0.717) is 18.0 Å². The summed E-state index contributed by atoms with van der Waals surface area (Å²) in [4.78, 5) is 2.56. The van der Waals surface area contributed by atoms with Crippen LogP contribution in [0.15, 0.2) is 18.3 Å². The highest BCUT2D eigenvalue weighted by Crippen LogP contribution is 2.08. The second-order valence-electron chi connectivity index (χ2n) is 3.28. The number of hydrogen-bond donors (Lipinski definition) is 1. The largest absolute Gasteiger partial charge is 0.393 e. The quantitative estimate of drug-likeness (QED) is 0.704. The van der Waals surface area contributed by atoms with Gasteiger partial charge in [-0.05, 0) is 12.1 Å². The van der Waals surface area contributed by atoms with Gasteiger partial charge in [0, 0.05) is 32.8 Å². The van der Waals surface area contributed by atoms with Gasteiger partial charge in [0.25, 0.3) is 0 Å². The first kappa shape index (κ1) is 12.8. The van der Waals surface area contributed by atoms with Crippen LogP contribution in [-0.4, -0.2) is 42.0 Å². The van der Waals surface area contributed by atoms with Crippen LogP contribution < -0.4 is 10.6 Å². The van der Waals surface area contributed by atoms with Crippen LogP contribution in [-0.2, 0) is 4.74 Å². The zero-order valence-electron chi connectivity index (χ0n) is 9.30. The third kappa shape index (κ3) is 4.50. The lowest BCUT2D eigenvalue weighted by molar-refractivity contribution is 0.205. The number of thiocarbonyl (C=S) groups is 1. The molecule has 0 aromatic carbocycles. The first-order valence-electron chi connectivity index (χ1n) is 5.04. The predicted molar refractivity (Wildman–Crippen MR) is 67.5 cm³/mol. The standard InChI is InChI=1S/C10H16N4OS/c1-15-8-7-14(6-4-9(11)16)10-3-2-5-12-13-10/h2-3,5H,4,6-8H2,1H3,(H2,11,16). The van der Waals surface area contributed by atoms with Gasteiger partial charge in [0.15, 0.2) is 5.82 Å². The van der Waals surface area contributed by atoms with E-state index >= 15 is 0 Å². The average Bonchev–Trinajstić information content (AvgIpc) is 2.30. The van der Waals surface area contributed by atoms with E-state index in [2.05, 4.69) is 15.1 Å². The Morgan fingerprint density at radius 3 is 2.94 bits per heavy atom. The van der Waals surface area contributed by atoms with Gasteiger partial charge < -0.3 is 15.4 Å². The molecule has 0 fully saturated rings. The Labute approximate surface area is 101 Å². The van der Waals surface area contributed by atoms with Gasteiger partial charge in [-0.2, -0.15) is 5.10 Å². The molecule has 0 amide bonds. The molecule has 1 rings (SSSR count). The van der Waals surface area contributed by atoms with Crippen molar-refractivity contribution in [3.8, 4) is 0 Å². The molecule has 2 N–H and O–H groups in total. The Morgan fingerprint density at radius 1 is 1.56 bits per heavy atom. The molecule has 0 radical (unpaired) electrons. The zero-order chi connectivity index (χ0) is 11.8. The second-order valence-corrected chi connectivity index (χ2v) is 3.80. The summed E-state index contributed by atoms with van der Waals surface area (Å²) < 4.78 is 5.05. The van der Waals surface area contributed by atoms with E-state index in [9.17, 15) is 0 Å². The Bertz CT molecular complexity index is 320. The third-order valence-electron chi connectivity index (χ3n) is 2.08. The smallest absolute Gasteiger partial charge is 0.151 e. The molecule has 6 heteroatoms. The van der Waals surface area contributed by atoms with Crippen molar-refractivity contribution in [2.24, 2.45) is 5.73 Å². The number of ether oxygens (including phenoxy) is 1. The lowest BCUT2D eigenvalue weighted by Crippen LogP contribution is -2.31. The molecule has 0 unspecified atom stereocenters. The highest BCUT2D eigenvalue weighted by Gasteiger charge is 2.07. The van der Waals surface area contributed by atoms with Crippen molar-refractivity contribution in [2.45, 2.75) is 6.42 Å². The normalized spacial score (nSPS) is 10.1. The second kappa shape index (κ2) is 7.08. The number of nitrogens with zero attached hydrogens (tertiary/aromatic N) is 3. The summed E-state index contributed by atoms with van der Waals surface area (Å²) in [5.74, 6) is 0.816. The van der Waals surface area contributed by atoms with Gasteiger partial charge in [0.2, 0.25) is 0 Å². The molecule has 0 atom stereocenters. The van der Waals surface area contributed by atoms with Crippen molar-refractivity contribution in [1.29, 1.82) is 0 Å². The Hall–Kier alpha value is -1.27. The molecule has 88 valence electrons. The minimum Gasteiger partial charge on any atom is -0.393 e. The molecular formula is C10H16N4OS. The number of methoxy groups -OCH3 is 1. The maximum Gasteiger partial charge on any atom is 0.151 e. The molecule has 0 aliphatic heterocycles. The maximum atomic E-state index is 5.48. The third-order valence-corrected chi connectivity index (χ3v) is 2.28. The van der Waals surface area contributed by atoms with Crippen LogP contribution >= 0.6 is 12.2 Å². The minimum atomic E-state index is 0.506. The fraction of sp³-hybridized carbons (Fsp3) is 0.500.